The normalized spacial score (nSPS) is 21.9. The predicted octanol–water partition coefficient (Wildman–Crippen LogP) is 10.5. The van der Waals surface area contributed by atoms with Crippen LogP contribution in [0.5, 0.6) is 34.5 Å². The topological polar surface area (TPSA) is 131 Å². The first-order valence-corrected chi connectivity index (χ1v) is 27.5. The van der Waals surface area contributed by atoms with Gasteiger partial charge in [0.25, 0.3) is 0 Å². The standard InChI is InChI=1S/C65H72O12/c1-63(2,45-7-15-51(16-8-45)66-29-53-31-68-53)47-11-19-59(74-37-55-33-70-55)41(25-47)23-43-27-49(13-21-61(43)76-39-57-35-72-57)65(5,6)50-14-22-62(77-40-58-36-73-58)44(28-50)24-42-26-48(12-20-60(42)75-38-56-34-71-56)64(3,4)46-9-17-52(18-10-46)67-30-54-32-69-54/h7-22,25-28,53-58H,23-24,29-40H2,1-6H3. The molecule has 0 spiro atoms. The Bertz CT molecular complexity index is 2810. The molecule has 6 aromatic carbocycles. The summed E-state index contributed by atoms with van der Waals surface area (Å²) in [6.07, 6.45) is 2.00. The molecule has 0 amide bonds. The van der Waals surface area contributed by atoms with Gasteiger partial charge in [0, 0.05) is 29.1 Å². The summed E-state index contributed by atoms with van der Waals surface area (Å²) in [6, 6.07) is 43.5. The van der Waals surface area contributed by atoms with Crippen molar-refractivity contribution in [2.75, 3.05) is 79.3 Å². The predicted molar refractivity (Wildman–Crippen MR) is 292 cm³/mol. The van der Waals surface area contributed by atoms with Gasteiger partial charge in [-0.3, -0.25) is 0 Å². The highest BCUT2D eigenvalue weighted by molar-refractivity contribution is 5.54. The van der Waals surface area contributed by atoms with Gasteiger partial charge in [0.1, 0.15) is 111 Å². The molecule has 0 bridgehead atoms. The smallest absolute Gasteiger partial charge is 0.122 e. The summed E-state index contributed by atoms with van der Waals surface area (Å²) in [7, 11) is 0. The third kappa shape index (κ3) is 12.9. The molecule has 0 aromatic heterocycles. The molecule has 6 aliphatic rings. The van der Waals surface area contributed by atoms with Crippen molar-refractivity contribution < 1.29 is 56.8 Å². The van der Waals surface area contributed by atoms with E-state index in [1.807, 2.05) is 0 Å². The summed E-state index contributed by atoms with van der Waals surface area (Å²) >= 11 is 0. The van der Waals surface area contributed by atoms with Gasteiger partial charge in [0.05, 0.1) is 39.6 Å². The molecule has 0 aliphatic carbocycles. The fourth-order valence-corrected chi connectivity index (χ4v) is 9.93. The van der Waals surface area contributed by atoms with E-state index in [2.05, 4.69) is 163 Å². The van der Waals surface area contributed by atoms with Crippen molar-refractivity contribution >= 4 is 0 Å². The average Bonchev–Trinajstić information content (AvgIpc) is 4.23. The van der Waals surface area contributed by atoms with Crippen LogP contribution >= 0.6 is 0 Å². The number of epoxide rings is 6. The summed E-state index contributed by atoms with van der Waals surface area (Å²) in [6.45, 7) is 21.2. The number of ether oxygens (including phenoxy) is 12. The van der Waals surface area contributed by atoms with Crippen LogP contribution in [-0.2, 0) is 57.5 Å². The van der Waals surface area contributed by atoms with E-state index in [1.54, 1.807) is 0 Å². The van der Waals surface area contributed by atoms with Crippen molar-refractivity contribution in [2.45, 2.75) is 107 Å². The Hall–Kier alpha value is -6.12. The second-order valence-electron chi connectivity index (χ2n) is 23.2. The Morgan fingerprint density at radius 1 is 0.299 bits per heavy atom. The highest BCUT2D eigenvalue weighted by Crippen LogP contribution is 2.42. The van der Waals surface area contributed by atoms with Gasteiger partial charge in [-0.15, -0.1) is 0 Å². The SMILES string of the molecule is CC(C)(c1ccc(OCC2CO2)cc1)c1ccc(OCC2CO2)c(Cc2cc(C(C)(C)c3ccc(OCC4CO4)c(Cc4cc(C(C)(C)c5ccc(OCC6CO6)cc5)ccc4OCC4CO4)c3)ccc2OCC2CO2)c1. The molecule has 404 valence electrons. The van der Waals surface area contributed by atoms with Crippen LogP contribution in [0.15, 0.2) is 121 Å². The lowest BCUT2D eigenvalue weighted by molar-refractivity contribution is 0.259. The third-order valence-corrected chi connectivity index (χ3v) is 16.0. The van der Waals surface area contributed by atoms with Crippen molar-refractivity contribution in [3.63, 3.8) is 0 Å². The Morgan fingerprint density at radius 3 is 0.740 bits per heavy atom. The summed E-state index contributed by atoms with van der Waals surface area (Å²) in [5, 5.41) is 0. The number of hydrogen-bond acceptors (Lipinski definition) is 12. The Kier molecular flexibility index (Phi) is 14.5. The molecule has 6 unspecified atom stereocenters. The molecule has 6 fully saturated rings. The second-order valence-corrected chi connectivity index (χ2v) is 23.2. The number of benzene rings is 6. The molecule has 12 heteroatoms. The Morgan fingerprint density at radius 2 is 0.506 bits per heavy atom. The largest absolute Gasteiger partial charge is 0.491 e. The molecule has 6 aliphatic heterocycles. The van der Waals surface area contributed by atoms with E-state index in [0.29, 0.717) is 78.9 Å². The molecule has 6 atom stereocenters. The fraction of sp³-hybridized carbons (Fsp3) is 0.446. The molecule has 6 heterocycles. The maximum Gasteiger partial charge on any atom is 0.122 e. The van der Waals surface area contributed by atoms with E-state index in [9.17, 15) is 0 Å². The monoisotopic (exact) mass is 1040 g/mol. The summed E-state index contributed by atoms with van der Waals surface area (Å²) < 4.78 is 71.4. The van der Waals surface area contributed by atoms with Gasteiger partial charge < -0.3 is 56.8 Å². The fourth-order valence-electron chi connectivity index (χ4n) is 9.93. The van der Waals surface area contributed by atoms with E-state index >= 15 is 0 Å². The zero-order chi connectivity index (χ0) is 52.7. The van der Waals surface area contributed by atoms with Crippen molar-refractivity contribution in [1.82, 2.24) is 0 Å². The average molecular weight is 1050 g/mol. The first-order valence-electron chi connectivity index (χ1n) is 27.5. The maximum absolute atomic E-state index is 6.60. The highest BCUT2D eigenvalue weighted by atomic mass is 16.6. The van der Waals surface area contributed by atoms with Crippen LogP contribution in [0.1, 0.15) is 97.2 Å². The van der Waals surface area contributed by atoms with Gasteiger partial charge in [-0.25, -0.2) is 0 Å². The summed E-state index contributed by atoms with van der Waals surface area (Å²) in [5.41, 5.74) is 10.3. The number of rotatable bonds is 28. The van der Waals surface area contributed by atoms with Crippen LogP contribution in [0.3, 0.4) is 0 Å². The molecular formula is C65H72O12. The lowest BCUT2D eigenvalue weighted by Gasteiger charge is -2.29. The Labute approximate surface area is 453 Å². The van der Waals surface area contributed by atoms with E-state index in [0.717, 1.165) is 81.1 Å². The summed E-state index contributed by atoms with van der Waals surface area (Å²) in [5.74, 6) is 5.03. The van der Waals surface area contributed by atoms with Crippen LogP contribution < -0.4 is 28.4 Å². The van der Waals surface area contributed by atoms with E-state index < -0.39 is 5.41 Å². The van der Waals surface area contributed by atoms with Crippen molar-refractivity contribution in [2.24, 2.45) is 0 Å². The van der Waals surface area contributed by atoms with Crippen LogP contribution in [0.25, 0.3) is 0 Å². The van der Waals surface area contributed by atoms with Gasteiger partial charge in [0.2, 0.25) is 0 Å². The van der Waals surface area contributed by atoms with Gasteiger partial charge in [0.15, 0.2) is 0 Å². The molecular weight excluding hydrogens is 973 g/mol. The van der Waals surface area contributed by atoms with Crippen molar-refractivity contribution in [3.05, 3.63) is 177 Å². The van der Waals surface area contributed by atoms with Crippen LogP contribution in [-0.4, -0.2) is 116 Å². The van der Waals surface area contributed by atoms with E-state index in [1.165, 1.54) is 22.3 Å². The molecule has 12 rings (SSSR count). The molecule has 0 saturated carbocycles. The highest BCUT2D eigenvalue weighted by Gasteiger charge is 2.33. The summed E-state index contributed by atoms with van der Waals surface area (Å²) in [4.78, 5) is 0. The molecule has 0 radical (unpaired) electrons. The first-order chi connectivity index (χ1) is 37.3. The minimum Gasteiger partial charge on any atom is -0.491 e. The molecule has 12 nitrogen and oxygen atoms in total. The van der Waals surface area contributed by atoms with Gasteiger partial charge >= 0.3 is 0 Å². The van der Waals surface area contributed by atoms with Crippen LogP contribution in [0.2, 0.25) is 0 Å². The van der Waals surface area contributed by atoms with E-state index in [-0.39, 0.29) is 47.5 Å². The van der Waals surface area contributed by atoms with Gasteiger partial charge in [-0.1, -0.05) is 114 Å². The first kappa shape index (κ1) is 51.6. The molecule has 6 saturated heterocycles. The minimum atomic E-state index is -0.443. The molecule has 77 heavy (non-hydrogen) atoms. The van der Waals surface area contributed by atoms with Crippen LogP contribution in [0.4, 0.5) is 0 Å². The zero-order valence-corrected chi connectivity index (χ0v) is 45.3. The molecule has 0 N–H and O–H groups in total. The Balaban J connectivity index is 0.859. The maximum atomic E-state index is 6.60. The van der Waals surface area contributed by atoms with E-state index in [4.69, 9.17) is 56.8 Å². The quantitative estimate of drug-likeness (QED) is 0.0434. The van der Waals surface area contributed by atoms with Gasteiger partial charge in [-0.2, -0.15) is 0 Å². The zero-order valence-electron chi connectivity index (χ0n) is 45.3. The minimum absolute atomic E-state index is 0.101. The second kappa shape index (κ2) is 21.6. The molecule has 6 aromatic rings. The number of hydrogen-bond donors (Lipinski definition) is 0. The van der Waals surface area contributed by atoms with Crippen LogP contribution in [0, 0.1) is 0 Å². The van der Waals surface area contributed by atoms with Gasteiger partial charge in [-0.05, 0) is 104 Å². The lowest BCUT2D eigenvalue weighted by atomic mass is 9.75. The third-order valence-electron chi connectivity index (χ3n) is 16.0. The van der Waals surface area contributed by atoms with Crippen molar-refractivity contribution in [3.8, 4) is 34.5 Å². The lowest BCUT2D eigenvalue weighted by Crippen LogP contribution is -2.21. The van der Waals surface area contributed by atoms with Crippen molar-refractivity contribution in [1.29, 1.82) is 0 Å².